The van der Waals surface area contributed by atoms with Crippen LogP contribution in [0, 0.1) is 13.8 Å². The highest BCUT2D eigenvalue weighted by Crippen LogP contribution is 2.52. The van der Waals surface area contributed by atoms with Crippen LogP contribution < -0.4 is 0 Å². The van der Waals surface area contributed by atoms with Crippen molar-refractivity contribution in [3.63, 3.8) is 0 Å². The Labute approximate surface area is 89.7 Å². The number of carboxylic acids is 1. The quantitative estimate of drug-likeness (QED) is 0.825. The van der Waals surface area contributed by atoms with Gasteiger partial charge in [-0.2, -0.15) is 0 Å². The fraction of sp³-hybridized carbons (Fsp3) is 0.583. The number of rotatable bonds is 3. The van der Waals surface area contributed by atoms with Crippen molar-refractivity contribution in [2.24, 2.45) is 7.05 Å². The van der Waals surface area contributed by atoms with Crippen molar-refractivity contribution in [1.29, 1.82) is 0 Å². The van der Waals surface area contributed by atoms with Crippen molar-refractivity contribution in [1.82, 2.24) is 4.57 Å². The topological polar surface area (TPSA) is 42.2 Å². The molecule has 0 radical (unpaired) electrons. The van der Waals surface area contributed by atoms with Gasteiger partial charge < -0.3 is 9.67 Å². The summed E-state index contributed by atoms with van der Waals surface area (Å²) in [5.74, 6) is -0.689. The van der Waals surface area contributed by atoms with E-state index >= 15 is 0 Å². The van der Waals surface area contributed by atoms with Gasteiger partial charge in [0.1, 0.15) is 0 Å². The molecule has 1 aromatic heterocycles. The lowest BCUT2D eigenvalue weighted by molar-refractivity contribution is -0.137. The molecular weight excluding hydrogens is 190 g/mol. The summed E-state index contributed by atoms with van der Waals surface area (Å²) < 4.78 is 2.10. The Morgan fingerprint density at radius 3 is 2.47 bits per heavy atom. The van der Waals surface area contributed by atoms with Crippen molar-refractivity contribution in [2.75, 3.05) is 0 Å². The van der Waals surface area contributed by atoms with Crippen molar-refractivity contribution in [3.05, 3.63) is 23.0 Å². The van der Waals surface area contributed by atoms with Crippen LogP contribution >= 0.6 is 0 Å². The van der Waals surface area contributed by atoms with Gasteiger partial charge in [0.25, 0.3) is 0 Å². The fourth-order valence-corrected chi connectivity index (χ4v) is 2.61. The molecule has 3 nitrogen and oxygen atoms in total. The van der Waals surface area contributed by atoms with E-state index in [-0.39, 0.29) is 11.8 Å². The lowest BCUT2D eigenvalue weighted by Gasteiger charge is -2.15. The van der Waals surface area contributed by atoms with Gasteiger partial charge in [-0.1, -0.05) is 0 Å². The molecule has 1 fully saturated rings. The largest absolute Gasteiger partial charge is 0.481 e. The molecule has 0 unspecified atom stereocenters. The fourth-order valence-electron chi connectivity index (χ4n) is 2.61. The molecule has 0 atom stereocenters. The Morgan fingerprint density at radius 2 is 2.13 bits per heavy atom. The van der Waals surface area contributed by atoms with E-state index in [4.69, 9.17) is 5.11 Å². The van der Waals surface area contributed by atoms with Crippen LogP contribution in [0.15, 0.2) is 6.20 Å². The highest BCUT2D eigenvalue weighted by Gasteiger charge is 2.48. The van der Waals surface area contributed by atoms with E-state index in [9.17, 15) is 4.79 Å². The van der Waals surface area contributed by atoms with Crippen molar-refractivity contribution >= 4 is 5.97 Å². The molecule has 0 spiro atoms. The predicted octanol–water partition coefficient (Wildman–Crippen LogP) is 2.15. The molecule has 1 heterocycles. The number of aliphatic carboxylic acids is 1. The normalized spacial score (nSPS) is 17.8. The molecule has 0 bridgehead atoms. The van der Waals surface area contributed by atoms with Gasteiger partial charge in [-0.15, -0.1) is 0 Å². The summed E-state index contributed by atoms with van der Waals surface area (Å²) in [4.78, 5) is 10.8. The minimum Gasteiger partial charge on any atom is -0.481 e. The lowest BCUT2D eigenvalue weighted by Crippen LogP contribution is -2.17. The van der Waals surface area contributed by atoms with Gasteiger partial charge in [0.05, 0.1) is 6.42 Å². The standard InChI is InChI=1S/C12H17NO2/c1-8-7-13(3)11(9(8)2)12(4-5-12)6-10(14)15/h7H,4-6H2,1-3H3,(H,14,15). The number of nitrogens with zero attached hydrogens (tertiary/aromatic N) is 1. The zero-order valence-electron chi connectivity index (χ0n) is 9.50. The van der Waals surface area contributed by atoms with Gasteiger partial charge in [-0.05, 0) is 37.8 Å². The minimum absolute atomic E-state index is 0.0705. The number of aryl methyl sites for hydroxylation is 2. The van der Waals surface area contributed by atoms with Gasteiger partial charge in [-0.3, -0.25) is 4.79 Å². The molecule has 0 saturated heterocycles. The van der Waals surface area contributed by atoms with E-state index in [2.05, 4.69) is 24.6 Å². The molecule has 1 aromatic rings. The molecule has 1 aliphatic rings. The molecule has 3 heteroatoms. The first kappa shape index (κ1) is 10.3. The number of carbonyl (C=O) groups is 1. The maximum atomic E-state index is 10.8. The van der Waals surface area contributed by atoms with Crippen molar-refractivity contribution in [3.8, 4) is 0 Å². The maximum absolute atomic E-state index is 10.8. The van der Waals surface area contributed by atoms with E-state index in [0.717, 1.165) is 12.8 Å². The van der Waals surface area contributed by atoms with Crippen LogP contribution in [0.5, 0.6) is 0 Å². The van der Waals surface area contributed by atoms with Gasteiger partial charge >= 0.3 is 5.97 Å². The van der Waals surface area contributed by atoms with Gasteiger partial charge in [-0.25, -0.2) is 0 Å². The van der Waals surface area contributed by atoms with E-state index in [1.807, 2.05) is 7.05 Å². The highest BCUT2D eigenvalue weighted by atomic mass is 16.4. The van der Waals surface area contributed by atoms with Crippen LogP contribution in [0.3, 0.4) is 0 Å². The first-order valence-electron chi connectivity index (χ1n) is 5.31. The summed E-state index contributed by atoms with van der Waals surface area (Å²) in [7, 11) is 2.01. The summed E-state index contributed by atoms with van der Waals surface area (Å²) >= 11 is 0. The molecule has 0 amide bonds. The van der Waals surface area contributed by atoms with Gasteiger partial charge in [0, 0.05) is 24.4 Å². The second kappa shape index (κ2) is 3.12. The summed E-state index contributed by atoms with van der Waals surface area (Å²) in [5, 5.41) is 8.93. The predicted molar refractivity (Wildman–Crippen MR) is 58.1 cm³/mol. The number of carboxylic acid groups (broad SMARTS) is 1. The third-order valence-electron chi connectivity index (χ3n) is 3.53. The number of hydrogen-bond donors (Lipinski definition) is 1. The highest BCUT2D eigenvalue weighted by molar-refractivity contribution is 5.70. The van der Waals surface area contributed by atoms with Gasteiger partial charge in [0.2, 0.25) is 0 Å². The van der Waals surface area contributed by atoms with Crippen LogP contribution in [0.2, 0.25) is 0 Å². The summed E-state index contributed by atoms with van der Waals surface area (Å²) in [5.41, 5.74) is 3.67. The number of aromatic nitrogens is 1. The SMILES string of the molecule is Cc1cn(C)c(C2(CC(=O)O)CC2)c1C. The first-order chi connectivity index (χ1) is 6.96. The van der Waals surface area contributed by atoms with Gasteiger partial charge in [0.15, 0.2) is 0 Å². The summed E-state index contributed by atoms with van der Waals surface area (Å²) in [6.07, 6.45) is 4.38. The lowest BCUT2D eigenvalue weighted by atomic mass is 9.94. The van der Waals surface area contributed by atoms with Crippen molar-refractivity contribution in [2.45, 2.75) is 38.5 Å². The van der Waals surface area contributed by atoms with Crippen LogP contribution in [-0.2, 0) is 17.3 Å². The Hall–Kier alpha value is -1.25. The molecule has 15 heavy (non-hydrogen) atoms. The van der Waals surface area contributed by atoms with Crippen LogP contribution in [0.1, 0.15) is 36.1 Å². The molecule has 1 saturated carbocycles. The average molecular weight is 207 g/mol. The molecule has 82 valence electrons. The molecular formula is C12H17NO2. The third-order valence-corrected chi connectivity index (χ3v) is 3.53. The van der Waals surface area contributed by atoms with Crippen LogP contribution in [-0.4, -0.2) is 15.6 Å². The zero-order valence-corrected chi connectivity index (χ0v) is 9.50. The van der Waals surface area contributed by atoms with E-state index in [0.29, 0.717) is 0 Å². The van der Waals surface area contributed by atoms with Crippen LogP contribution in [0.25, 0.3) is 0 Å². The summed E-state index contributed by atoms with van der Waals surface area (Å²) in [6.45, 7) is 4.17. The molecule has 0 aliphatic heterocycles. The molecule has 2 rings (SSSR count). The molecule has 1 N–H and O–H groups in total. The van der Waals surface area contributed by atoms with E-state index in [1.165, 1.54) is 16.8 Å². The maximum Gasteiger partial charge on any atom is 0.304 e. The second-order valence-electron chi connectivity index (χ2n) is 4.75. The summed E-state index contributed by atoms with van der Waals surface area (Å²) in [6, 6.07) is 0. The Bertz CT molecular complexity index is 414. The minimum atomic E-state index is -0.689. The zero-order chi connectivity index (χ0) is 11.2. The first-order valence-corrected chi connectivity index (χ1v) is 5.31. The van der Waals surface area contributed by atoms with Crippen LogP contribution in [0.4, 0.5) is 0 Å². The third kappa shape index (κ3) is 1.56. The second-order valence-corrected chi connectivity index (χ2v) is 4.75. The van der Waals surface area contributed by atoms with Crippen molar-refractivity contribution < 1.29 is 9.90 Å². The van der Waals surface area contributed by atoms with E-state index < -0.39 is 5.97 Å². The Balaban J connectivity index is 2.41. The number of hydrogen-bond acceptors (Lipinski definition) is 1. The average Bonchev–Trinajstić information content (AvgIpc) is 2.78. The monoisotopic (exact) mass is 207 g/mol. The molecule has 1 aliphatic carbocycles. The Kier molecular flexibility index (Phi) is 2.14. The van der Waals surface area contributed by atoms with E-state index in [1.54, 1.807) is 0 Å². The smallest absolute Gasteiger partial charge is 0.304 e. The molecule has 0 aromatic carbocycles. The Morgan fingerprint density at radius 1 is 1.53 bits per heavy atom.